The molecule has 2 heterocycles. The molecule has 0 aliphatic carbocycles. The van der Waals surface area contributed by atoms with Crippen LogP contribution in [-0.4, -0.2) is 33.6 Å². The molecule has 0 saturated carbocycles. The van der Waals surface area contributed by atoms with E-state index in [0.29, 0.717) is 11.3 Å². The van der Waals surface area contributed by atoms with Crippen LogP contribution < -0.4 is 4.90 Å². The predicted octanol–water partition coefficient (Wildman–Crippen LogP) is 4.05. The van der Waals surface area contributed by atoms with Crippen LogP contribution in [0.15, 0.2) is 48.7 Å². The van der Waals surface area contributed by atoms with Crippen molar-refractivity contribution in [1.82, 2.24) is 14.4 Å². The minimum atomic E-state index is 0. The van der Waals surface area contributed by atoms with E-state index >= 15 is 0 Å². The number of aryl methyl sites for hydroxylation is 1. The first-order valence-electron chi connectivity index (χ1n) is 7.79. The van der Waals surface area contributed by atoms with E-state index in [1.54, 1.807) is 17.5 Å². The Morgan fingerprint density at radius 2 is 1.68 bits per heavy atom. The Morgan fingerprint density at radius 1 is 1.00 bits per heavy atom. The predicted molar refractivity (Wildman–Crippen MR) is 104 cm³/mol. The summed E-state index contributed by atoms with van der Waals surface area (Å²) >= 11 is 0. The van der Waals surface area contributed by atoms with E-state index in [9.17, 15) is 5.11 Å². The van der Waals surface area contributed by atoms with Crippen molar-refractivity contribution in [3.63, 3.8) is 0 Å². The first-order valence-corrected chi connectivity index (χ1v) is 7.79. The van der Waals surface area contributed by atoms with E-state index in [-0.39, 0.29) is 18.3 Å². The van der Waals surface area contributed by atoms with Gasteiger partial charge in [-0.1, -0.05) is 18.2 Å². The summed E-state index contributed by atoms with van der Waals surface area (Å²) < 4.78 is 1.73. The Kier molecular flexibility index (Phi) is 4.27. The molecule has 0 amide bonds. The highest BCUT2D eigenvalue weighted by Crippen LogP contribution is 2.28. The SMILES string of the molecule is Cc1nc2cnc3cc(-c4ccc(N(C)C)cc4)ccc3n2c1O.Cl. The smallest absolute Gasteiger partial charge is 0.219 e. The molecule has 0 saturated heterocycles. The first kappa shape index (κ1) is 17.0. The van der Waals surface area contributed by atoms with Crippen molar-refractivity contribution < 1.29 is 5.11 Å². The normalized spacial score (nSPS) is 10.8. The van der Waals surface area contributed by atoms with Gasteiger partial charge >= 0.3 is 0 Å². The van der Waals surface area contributed by atoms with Gasteiger partial charge in [-0.15, -0.1) is 12.4 Å². The lowest BCUT2D eigenvalue weighted by Crippen LogP contribution is -2.07. The molecule has 0 aliphatic rings. The van der Waals surface area contributed by atoms with Gasteiger partial charge < -0.3 is 10.0 Å². The number of anilines is 1. The van der Waals surface area contributed by atoms with Crippen molar-refractivity contribution in [2.75, 3.05) is 19.0 Å². The molecule has 0 radical (unpaired) electrons. The van der Waals surface area contributed by atoms with Crippen LogP contribution in [0.1, 0.15) is 5.69 Å². The van der Waals surface area contributed by atoms with E-state index in [4.69, 9.17) is 0 Å². The topological polar surface area (TPSA) is 53.7 Å². The van der Waals surface area contributed by atoms with Crippen molar-refractivity contribution in [3.8, 4) is 17.0 Å². The third-order valence-electron chi connectivity index (χ3n) is 4.30. The summed E-state index contributed by atoms with van der Waals surface area (Å²) in [5, 5.41) is 10.2. The quantitative estimate of drug-likeness (QED) is 0.590. The maximum absolute atomic E-state index is 10.2. The maximum Gasteiger partial charge on any atom is 0.219 e. The summed E-state index contributed by atoms with van der Waals surface area (Å²) in [6, 6.07) is 14.5. The Labute approximate surface area is 152 Å². The van der Waals surface area contributed by atoms with Crippen molar-refractivity contribution in [1.29, 1.82) is 0 Å². The third-order valence-corrected chi connectivity index (χ3v) is 4.30. The molecule has 0 bridgehead atoms. The second kappa shape index (κ2) is 6.26. The van der Waals surface area contributed by atoms with Gasteiger partial charge in [0.2, 0.25) is 5.88 Å². The summed E-state index contributed by atoms with van der Waals surface area (Å²) in [6.45, 7) is 1.79. The average molecular weight is 355 g/mol. The lowest BCUT2D eigenvalue weighted by molar-refractivity contribution is 0.446. The Balaban J connectivity index is 0.00000182. The molecule has 0 atom stereocenters. The summed E-state index contributed by atoms with van der Waals surface area (Å²) in [5.74, 6) is 0.167. The monoisotopic (exact) mass is 354 g/mol. The zero-order valence-corrected chi connectivity index (χ0v) is 15.1. The fraction of sp³-hybridized carbons (Fsp3) is 0.158. The molecule has 2 aromatic carbocycles. The molecule has 4 rings (SSSR count). The third kappa shape index (κ3) is 2.76. The van der Waals surface area contributed by atoms with Gasteiger partial charge in [0.1, 0.15) is 5.69 Å². The fourth-order valence-electron chi connectivity index (χ4n) is 2.94. The molecule has 0 aliphatic heterocycles. The molecule has 2 aromatic heterocycles. The number of aromatic hydroxyl groups is 1. The zero-order chi connectivity index (χ0) is 16.8. The van der Waals surface area contributed by atoms with Gasteiger partial charge in [0, 0.05) is 19.8 Å². The first-order chi connectivity index (χ1) is 11.5. The van der Waals surface area contributed by atoms with Gasteiger partial charge in [-0.3, -0.25) is 9.38 Å². The van der Waals surface area contributed by atoms with Gasteiger partial charge in [0.05, 0.1) is 17.2 Å². The van der Waals surface area contributed by atoms with Crippen LogP contribution in [0.3, 0.4) is 0 Å². The number of halogens is 1. The van der Waals surface area contributed by atoms with Crippen LogP contribution >= 0.6 is 12.4 Å². The van der Waals surface area contributed by atoms with Crippen LogP contribution in [0, 0.1) is 6.92 Å². The molecule has 0 fully saturated rings. The van der Waals surface area contributed by atoms with Crippen LogP contribution in [0.4, 0.5) is 5.69 Å². The molecule has 0 spiro atoms. The molecular weight excluding hydrogens is 336 g/mol. The van der Waals surface area contributed by atoms with Gasteiger partial charge in [0.25, 0.3) is 0 Å². The summed E-state index contributed by atoms with van der Waals surface area (Å²) in [6.07, 6.45) is 1.69. The highest BCUT2D eigenvalue weighted by atomic mass is 35.5. The van der Waals surface area contributed by atoms with Crippen LogP contribution in [-0.2, 0) is 0 Å². The molecule has 5 nitrogen and oxygen atoms in total. The largest absolute Gasteiger partial charge is 0.493 e. The number of fused-ring (bicyclic) bond motifs is 3. The van der Waals surface area contributed by atoms with Gasteiger partial charge in [-0.25, -0.2) is 4.98 Å². The number of hydrogen-bond acceptors (Lipinski definition) is 4. The lowest BCUT2D eigenvalue weighted by Gasteiger charge is -2.13. The highest BCUT2D eigenvalue weighted by molar-refractivity contribution is 5.85. The van der Waals surface area contributed by atoms with Gasteiger partial charge in [-0.2, -0.15) is 0 Å². The number of aromatic nitrogens is 3. The van der Waals surface area contributed by atoms with E-state index in [2.05, 4.69) is 39.1 Å². The van der Waals surface area contributed by atoms with E-state index < -0.39 is 0 Å². The molecule has 25 heavy (non-hydrogen) atoms. The summed E-state index contributed by atoms with van der Waals surface area (Å²) in [4.78, 5) is 10.9. The molecule has 1 N–H and O–H groups in total. The van der Waals surface area contributed by atoms with Gasteiger partial charge in [-0.05, 0) is 42.3 Å². The molecule has 6 heteroatoms. The van der Waals surface area contributed by atoms with Crippen molar-refractivity contribution in [2.45, 2.75) is 6.92 Å². The zero-order valence-electron chi connectivity index (χ0n) is 14.3. The van der Waals surface area contributed by atoms with E-state index in [0.717, 1.165) is 27.8 Å². The Hall–Kier alpha value is -2.79. The standard InChI is InChI=1S/C19H18N4O.ClH/c1-12-19(24)23-17-9-6-14(10-16(17)20-11-18(23)21-12)13-4-7-15(8-5-13)22(2)3;/h4-11,24H,1-3H3;1H. The van der Waals surface area contributed by atoms with Crippen LogP contribution in [0.25, 0.3) is 27.8 Å². The number of imidazole rings is 1. The van der Waals surface area contributed by atoms with E-state index in [1.807, 2.05) is 32.3 Å². The Bertz CT molecular complexity index is 1050. The highest BCUT2D eigenvalue weighted by Gasteiger charge is 2.11. The number of rotatable bonds is 2. The fourth-order valence-corrected chi connectivity index (χ4v) is 2.94. The van der Waals surface area contributed by atoms with Crippen LogP contribution in [0.5, 0.6) is 5.88 Å². The van der Waals surface area contributed by atoms with Crippen molar-refractivity contribution in [2.24, 2.45) is 0 Å². The van der Waals surface area contributed by atoms with Crippen LogP contribution in [0.2, 0.25) is 0 Å². The number of benzene rings is 2. The second-order valence-corrected chi connectivity index (χ2v) is 6.12. The molecule has 4 aromatic rings. The average Bonchev–Trinajstić information content (AvgIpc) is 2.89. The number of nitrogens with zero attached hydrogens (tertiary/aromatic N) is 4. The molecule has 0 unspecified atom stereocenters. The summed E-state index contributed by atoms with van der Waals surface area (Å²) in [7, 11) is 4.06. The lowest BCUT2D eigenvalue weighted by atomic mass is 10.0. The minimum absolute atomic E-state index is 0. The van der Waals surface area contributed by atoms with Crippen molar-refractivity contribution in [3.05, 3.63) is 54.4 Å². The summed E-state index contributed by atoms with van der Waals surface area (Å²) in [5.41, 5.74) is 6.32. The Morgan fingerprint density at radius 3 is 2.36 bits per heavy atom. The van der Waals surface area contributed by atoms with Crippen molar-refractivity contribution >= 4 is 34.8 Å². The minimum Gasteiger partial charge on any atom is -0.493 e. The molecular formula is C19H19ClN4O. The maximum atomic E-state index is 10.2. The molecule has 128 valence electrons. The number of hydrogen-bond donors (Lipinski definition) is 1. The van der Waals surface area contributed by atoms with Gasteiger partial charge in [0.15, 0.2) is 5.65 Å². The van der Waals surface area contributed by atoms with E-state index in [1.165, 1.54) is 0 Å². The second-order valence-electron chi connectivity index (χ2n) is 6.12.